The molecule has 0 saturated heterocycles. The number of aryl methyl sites for hydroxylation is 1. The third-order valence-electron chi connectivity index (χ3n) is 3.59. The van der Waals surface area contributed by atoms with Gasteiger partial charge in [0.15, 0.2) is 0 Å². The highest BCUT2D eigenvalue weighted by Crippen LogP contribution is 2.37. The lowest BCUT2D eigenvalue weighted by molar-refractivity contribution is -0.134. The lowest BCUT2D eigenvalue weighted by Crippen LogP contribution is -2.11. The van der Waals surface area contributed by atoms with Crippen LogP contribution in [-0.4, -0.2) is 17.6 Å². The van der Waals surface area contributed by atoms with Gasteiger partial charge in [0.2, 0.25) is 0 Å². The van der Waals surface area contributed by atoms with Crippen molar-refractivity contribution in [1.82, 2.24) is 4.57 Å². The number of nitrogens with zero attached hydrogens (tertiary/aromatic N) is 1. The molecule has 3 aromatic rings. The van der Waals surface area contributed by atoms with Crippen molar-refractivity contribution < 1.29 is 22.7 Å². The van der Waals surface area contributed by atoms with Gasteiger partial charge < -0.3 is 4.74 Å². The molecule has 0 atom stereocenters. The van der Waals surface area contributed by atoms with Gasteiger partial charge in [-0.3, -0.25) is 9.36 Å². The Bertz CT molecular complexity index is 943. The Morgan fingerprint density at radius 2 is 1.96 bits per heavy atom. The second kappa shape index (κ2) is 5.82. The fourth-order valence-electron chi connectivity index (χ4n) is 2.50. The zero-order valence-corrected chi connectivity index (χ0v) is 14.1. The predicted molar refractivity (Wildman–Crippen MR) is 87.3 cm³/mol. The number of aromatic nitrogens is 1. The number of rotatable bonds is 2. The molecule has 0 amide bonds. The minimum absolute atomic E-state index is 0.00913. The van der Waals surface area contributed by atoms with E-state index in [4.69, 9.17) is 16.3 Å². The van der Waals surface area contributed by atoms with Gasteiger partial charge >= 0.3 is 6.18 Å². The van der Waals surface area contributed by atoms with Gasteiger partial charge in [0.05, 0.1) is 22.5 Å². The molecule has 126 valence electrons. The Morgan fingerprint density at radius 1 is 1.25 bits per heavy atom. The van der Waals surface area contributed by atoms with Gasteiger partial charge in [0.1, 0.15) is 10.6 Å². The lowest BCUT2D eigenvalue weighted by Gasteiger charge is -2.07. The number of carbonyl (C=O) groups is 1. The van der Waals surface area contributed by atoms with Crippen LogP contribution in [0.1, 0.15) is 20.2 Å². The first-order valence-electron chi connectivity index (χ1n) is 6.80. The van der Waals surface area contributed by atoms with Crippen molar-refractivity contribution in [3.63, 3.8) is 0 Å². The van der Waals surface area contributed by atoms with Crippen molar-refractivity contribution in [2.45, 2.75) is 13.1 Å². The average molecular weight is 374 g/mol. The number of ether oxygens (including phenoxy) is 1. The number of thiophene rings is 1. The van der Waals surface area contributed by atoms with Crippen LogP contribution >= 0.6 is 22.9 Å². The fraction of sp³-hybridized carbons (Fsp3) is 0.188. The van der Waals surface area contributed by atoms with E-state index >= 15 is 0 Å². The van der Waals surface area contributed by atoms with E-state index in [9.17, 15) is 18.0 Å². The number of halogens is 4. The van der Waals surface area contributed by atoms with Crippen molar-refractivity contribution >= 4 is 39.7 Å². The van der Waals surface area contributed by atoms with Gasteiger partial charge in [-0.1, -0.05) is 11.6 Å². The molecule has 24 heavy (non-hydrogen) atoms. The van der Waals surface area contributed by atoms with Gasteiger partial charge in [0, 0.05) is 11.1 Å². The molecule has 0 aliphatic rings. The Labute approximate surface area is 144 Å². The average Bonchev–Trinajstić information content (AvgIpc) is 3.11. The molecule has 0 bridgehead atoms. The van der Waals surface area contributed by atoms with E-state index in [1.165, 1.54) is 17.7 Å². The van der Waals surface area contributed by atoms with E-state index in [0.29, 0.717) is 38.7 Å². The summed E-state index contributed by atoms with van der Waals surface area (Å²) in [6.45, 7) is 1.69. The van der Waals surface area contributed by atoms with E-state index in [1.54, 1.807) is 25.1 Å². The van der Waals surface area contributed by atoms with Gasteiger partial charge in [-0.15, -0.1) is 11.3 Å². The molecule has 3 nitrogen and oxygen atoms in total. The Morgan fingerprint density at radius 3 is 2.54 bits per heavy atom. The summed E-state index contributed by atoms with van der Waals surface area (Å²) in [5.74, 6) is -0.0616. The Hall–Kier alpha value is -1.99. The van der Waals surface area contributed by atoms with Crippen molar-refractivity contribution in [3.8, 4) is 5.75 Å². The molecule has 0 aliphatic heterocycles. The molecule has 0 unspecified atom stereocenters. The molecule has 0 radical (unpaired) electrons. The van der Waals surface area contributed by atoms with E-state index in [0.717, 1.165) is 6.07 Å². The van der Waals surface area contributed by atoms with Crippen molar-refractivity contribution in [1.29, 1.82) is 0 Å². The third kappa shape index (κ3) is 2.67. The zero-order valence-electron chi connectivity index (χ0n) is 12.6. The highest BCUT2D eigenvalue weighted by atomic mass is 35.5. The highest BCUT2D eigenvalue weighted by Gasteiger charge is 2.33. The van der Waals surface area contributed by atoms with Crippen LogP contribution in [0, 0.1) is 6.92 Å². The smallest absolute Gasteiger partial charge is 0.425 e. The first kappa shape index (κ1) is 16.9. The number of alkyl halides is 3. The maximum Gasteiger partial charge on any atom is 0.425 e. The molecule has 0 spiro atoms. The van der Waals surface area contributed by atoms with Crippen molar-refractivity contribution in [2.75, 3.05) is 7.11 Å². The van der Waals surface area contributed by atoms with Gasteiger partial charge in [-0.2, -0.15) is 13.2 Å². The van der Waals surface area contributed by atoms with Crippen LogP contribution in [0.15, 0.2) is 30.3 Å². The first-order chi connectivity index (χ1) is 11.2. The lowest BCUT2D eigenvalue weighted by atomic mass is 10.2. The minimum Gasteiger partial charge on any atom is -0.495 e. The largest absolute Gasteiger partial charge is 0.495 e. The third-order valence-corrected chi connectivity index (χ3v) is 5.10. The summed E-state index contributed by atoms with van der Waals surface area (Å²) in [6, 6.07) is 7.07. The number of fused-ring (bicyclic) bond motifs is 1. The summed E-state index contributed by atoms with van der Waals surface area (Å²) in [6.07, 6.45) is -4.46. The summed E-state index contributed by atoms with van der Waals surface area (Å²) < 4.78 is 44.7. The topological polar surface area (TPSA) is 31.2 Å². The first-order valence-corrected chi connectivity index (χ1v) is 7.99. The molecule has 3 rings (SSSR count). The van der Waals surface area contributed by atoms with Gasteiger partial charge in [0.25, 0.3) is 5.91 Å². The summed E-state index contributed by atoms with van der Waals surface area (Å²) in [4.78, 5) is 11.9. The Balaban J connectivity index is 2.12. The summed E-state index contributed by atoms with van der Waals surface area (Å²) >= 11 is 6.67. The Kier molecular flexibility index (Phi) is 4.09. The second-order valence-electron chi connectivity index (χ2n) is 5.10. The zero-order chi connectivity index (χ0) is 17.6. The summed E-state index contributed by atoms with van der Waals surface area (Å²) in [5.41, 5.74) is 1.09. The van der Waals surface area contributed by atoms with E-state index in [2.05, 4.69) is 0 Å². The van der Waals surface area contributed by atoms with E-state index in [-0.39, 0.29) is 4.88 Å². The van der Waals surface area contributed by atoms with Crippen molar-refractivity contribution in [2.24, 2.45) is 0 Å². The normalized spacial score (nSPS) is 11.9. The van der Waals surface area contributed by atoms with E-state index < -0.39 is 17.0 Å². The molecule has 2 heterocycles. The maximum atomic E-state index is 12.7. The van der Waals surface area contributed by atoms with Gasteiger partial charge in [-0.25, -0.2) is 0 Å². The highest BCUT2D eigenvalue weighted by molar-refractivity contribution is 7.14. The van der Waals surface area contributed by atoms with Gasteiger partial charge in [-0.05, 0) is 37.3 Å². The predicted octanol–water partition coefficient (Wildman–Crippen LogP) is 5.38. The van der Waals surface area contributed by atoms with Crippen LogP contribution < -0.4 is 4.74 Å². The molecule has 0 aliphatic carbocycles. The molecule has 0 N–H and O–H groups in total. The second-order valence-corrected chi connectivity index (χ2v) is 6.56. The molecular formula is C16H11ClF3NO2S. The number of hydrogen-bond donors (Lipinski definition) is 0. The van der Waals surface area contributed by atoms with Crippen LogP contribution in [0.2, 0.25) is 5.02 Å². The quantitative estimate of drug-likeness (QED) is 0.603. The molecule has 1 aromatic carbocycles. The van der Waals surface area contributed by atoms with Crippen LogP contribution in [0.5, 0.6) is 5.75 Å². The van der Waals surface area contributed by atoms with Crippen LogP contribution in [0.25, 0.3) is 10.9 Å². The molecular weight excluding hydrogens is 363 g/mol. The number of hydrogen-bond acceptors (Lipinski definition) is 3. The van der Waals surface area contributed by atoms with Crippen molar-refractivity contribution in [3.05, 3.63) is 50.8 Å². The number of benzene rings is 1. The van der Waals surface area contributed by atoms with Crippen LogP contribution in [0.4, 0.5) is 13.2 Å². The maximum absolute atomic E-state index is 12.7. The van der Waals surface area contributed by atoms with Crippen LogP contribution in [-0.2, 0) is 6.18 Å². The summed E-state index contributed by atoms with van der Waals surface area (Å²) in [7, 11) is 1.48. The standard InChI is InChI=1S/C16H11ClF3NO2S/c1-8-7-9-10(3-4-11(23-2)14(9)17)21(8)15(22)12-5-6-13(24-12)16(18,19)20/h3-7H,1-2H3. The minimum atomic E-state index is -4.46. The number of methoxy groups -OCH3 is 1. The van der Waals surface area contributed by atoms with E-state index in [1.807, 2.05) is 0 Å². The molecule has 8 heteroatoms. The fourth-order valence-corrected chi connectivity index (χ4v) is 3.60. The molecule has 0 saturated carbocycles. The molecule has 2 aromatic heterocycles. The SMILES string of the molecule is COc1ccc2c(cc(C)n2C(=O)c2ccc(C(F)(F)F)s2)c1Cl. The molecule has 0 fully saturated rings. The van der Waals surface area contributed by atoms with Crippen LogP contribution in [0.3, 0.4) is 0 Å². The number of carbonyl (C=O) groups excluding carboxylic acids is 1. The monoisotopic (exact) mass is 373 g/mol. The summed E-state index contributed by atoms with van der Waals surface area (Å²) in [5, 5.41) is 0.960.